The Morgan fingerprint density at radius 1 is 1.40 bits per heavy atom. The first-order valence-electron chi connectivity index (χ1n) is 6.84. The molecular weight excluding hydrogens is 261 g/mol. The molecule has 1 atom stereocenters. The average molecular weight is 277 g/mol. The lowest BCUT2D eigenvalue weighted by molar-refractivity contribution is -0.143. The lowest BCUT2D eigenvalue weighted by Gasteiger charge is -2.25. The molecule has 1 aromatic carbocycles. The molecule has 0 bridgehead atoms. The summed E-state index contributed by atoms with van der Waals surface area (Å²) >= 11 is 0. The van der Waals surface area contributed by atoms with Crippen molar-refractivity contribution in [1.29, 1.82) is 0 Å². The predicted octanol–water partition coefficient (Wildman–Crippen LogP) is 2.78. The number of hydrogen-bond acceptors (Lipinski definition) is 2. The molecule has 0 aromatic heterocycles. The zero-order valence-electron chi connectivity index (χ0n) is 11.2. The molecule has 0 saturated heterocycles. The number of benzene rings is 1. The summed E-state index contributed by atoms with van der Waals surface area (Å²) in [5, 5.41) is 12.1. The van der Waals surface area contributed by atoms with E-state index in [4.69, 9.17) is 0 Å². The molecular formula is C15H16FNO3. The minimum absolute atomic E-state index is 0.199. The van der Waals surface area contributed by atoms with Crippen molar-refractivity contribution in [2.75, 3.05) is 5.32 Å². The number of anilines is 1. The van der Waals surface area contributed by atoms with Gasteiger partial charge in [-0.1, -0.05) is 18.9 Å². The van der Waals surface area contributed by atoms with Gasteiger partial charge in [0.1, 0.15) is 5.82 Å². The standard InChI is InChI=1S/C15H16FNO3/c1-8-10-6-9(7-11(16)12(10)17-13(8)18)15(14(19)20)4-2-3-5-15/h6-8H,2-5H2,1H3,(H,17,18)(H,19,20). The van der Waals surface area contributed by atoms with Crippen molar-refractivity contribution in [2.45, 2.75) is 43.9 Å². The number of carbonyl (C=O) groups is 2. The Kier molecular flexibility index (Phi) is 2.81. The normalized spacial score (nSPS) is 23.5. The summed E-state index contributed by atoms with van der Waals surface area (Å²) in [5.74, 6) is -2.12. The Morgan fingerprint density at radius 2 is 2.05 bits per heavy atom. The Bertz CT molecular complexity index is 605. The van der Waals surface area contributed by atoms with E-state index in [0.29, 0.717) is 24.0 Å². The van der Waals surface area contributed by atoms with Crippen LogP contribution in [0.15, 0.2) is 12.1 Å². The highest BCUT2D eigenvalue weighted by molar-refractivity contribution is 6.03. The minimum Gasteiger partial charge on any atom is -0.481 e. The summed E-state index contributed by atoms with van der Waals surface area (Å²) in [7, 11) is 0. The van der Waals surface area contributed by atoms with Gasteiger partial charge in [-0.15, -0.1) is 0 Å². The molecule has 5 heteroatoms. The van der Waals surface area contributed by atoms with E-state index < -0.39 is 23.1 Å². The fourth-order valence-corrected chi connectivity index (χ4v) is 3.35. The predicted molar refractivity (Wildman–Crippen MR) is 71.2 cm³/mol. The second-order valence-electron chi connectivity index (χ2n) is 5.73. The highest BCUT2D eigenvalue weighted by Crippen LogP contribution is 2.45. The second kappa shape index (κ2) is 4.30. The van der Waals surface area contributed by atoms with Gasteiger partial charge >= 0.3 is 5.97 Å². The number of carboxylic acids is 1. The van der Waals surface area contributed by atoms with E-state index in [-0.39, 0.29) is 11.6 Å². The van der Waals surface area contributed by atoms with E-state index in [9.17, 15) is 19.1 Å². The maximum Gasteiger partial charge on any atom is 0.314 e. The van der Waals surface area contributed by atoms with Crippen LogP contribution in [0.5, 0.6) is 0 Å². The molecule has 1 unspecified atom stereocenters. The van der Waals surface area contributed by atoms with Gasteiger partial charge in [0.2, 0.25) is 5.91 Å². The van der Waals surface area contributed by atoms with Gasteiger partial charge in [-0.3, -0.25) is 9.59 Å². The van der Waals surface area contributed by atoms with E-state index in [0.717, 1.165) is 12.8 Å². The smallest absolute Gasteiger partial charge is 0.314 e. The van der Waals surface area contributed by atoms with Gasteiger partial charge in [0.25, 0.3) is 0 Å². The molecule has 20 heavy (non-hydrogen) atoms. The van der Waals surface area contributed by atoms with Crippen LogP contribution >= 0.6 is 0 Å². The monoisotopic (exact) mass is 277 g/mol. The zero-order valence-corrected chi connectivity index (χ0v) is 11.2. The van der Waals surface area contributed by atoms with Gasteiger partial charge in [-0.05, 0) is 37.0 Å². The van der Waals surface area contributed by atoms with Gasteiger partial charge in [0.15, 0.2) is 0 Å². The molecule has 1 fully saturated rings. The maximum atomic E-state index is 14.2. The first kappa shape index (κ1) is 13.1. The number of amides is 1. The van der Waals surface area contributed by atoms with Gasteiger partial charge < -0.3 is 10.4 Å². The molecule has 1 aromatic rings. The SMILES string of the molecule is CC1C(=O)Nc2c(F)cc(C3(C(=O)O)CCCC3)cc21. The average Bonchev–Trinajstić information content (AvgIpc) is 2.99. The molecule has 106 valence electrons. The summed E-state index contributed by atoms with van der Waals surface area (Å²) in [6.07, 6.45) is 2.71. The first-order chi connectivity index (χ1) is 9.45. The number of halogens is 1. The molecule has 1 amide bonds. The van der Waals surface area contributed by atoms with Gasteiger partial charge in [-0.2, -0.15) is 0 Å². The van der Waals surface area contributed by atoms with Crippen LogP contribution in [0, 0.1) is 5.82 Å². The summed E-state index contributed by atoms with van der Waals surface area (Å²) in [6.45, 7) is 1.70. The molecule has 0 radical (unpaired) electrons. The maximum absolute atomic E-state index is 14.2. The van der Waals surface area contributed by atoms with Crippen molar-refractivity contribution in [3.05, 3.63) is 29.1 Å². The lowest BCUT2D eigenvalue weighted by Crippen LogP contribution is -2.32. The van der Waals surface area contributed by atoms with Gasteiger partial charge in [-0.25, -0.2) is 4.39 Å². The molecule has 0 spiro atoms. The third-order valence-electron chi connectivity index (χ3n) is 4.65. The number of hydrogen-bond donors (Lipinski definition) is 2. The summed E-state index contributed by atoms with van der Waals surface area (Å²) in [6, 6.07) is 2.97. The molecule has 2 aliphatic rings. The van der Waals surface area contributed by atoms with Crippen LogP contribution in [0.2, 0.25) is 0 Å². The molecule has 1 saturated carbocycles. The van der Waals surface area contributed by atoms with Crippen LogP contribution in [-0.2, 0) is 15.0 Å². The topological polar surface area (TPSA) is 66.4 Å². The van der Waals surface area contributed by atoms with Crippen LogP contribution < -0.4 is 5.32 Å². The molecule has 3 rings (SSSR count). The van der Waals surface area contributed by atoms with Gasteiger partial charge in [0, 0.05) is 0 Å². The Morgan fingerprint density at radius 3 is 2.65 bits per heavy atom. The summed E-state index contributed by atoms with van der Waals surface area (Å²) in [5.41, 5.74) is 0.255. The summed E-state index contributed by atoms with van der Waals surface area (Å²) in [4.78, 5) is 23.3. The second-order valence-corrected chi connectivity index (χ2v) is 5.73. The highest BCUT2D eigenvalue weighted by Gasteiger charge is 2.44. The van der Waals surface area contributed by atoms with Gasteiger partial charge in [0.05, 0.1) is 17.0 Å². The van der Waals surface area contributed by atoms with Crippen LogP contribution in [0.25, 0.3) is 0 Å². The molecule has 2 N–H and O–H groups in total. The van der Waals surface area contributed by atoms with Crippen LogP contribution in [-0.4, -0.2) is 17.0 Å². The number of rotatable bonds is 2. The van der Waals surface area contributed by atoms with Crippen molar-refractivity contribution >= 4 is 17.6 Å². The van der Waals surface area contributed by atoms with Crippen molar-refractivity contribution in [1.82, 2.24) is 0 Å². The first-order valence-corrected chi connectivity index (χ1v) is 6.84. The number of carboxylic acid groups (broad SMARTS) is 1. The Balaban J connectivity index is 2.15. The fraction of sp³-hybridized carbons (Fsp3) is 0.467. The van der Waals surface area contributed by atoms with Crippen LogP contribution in [0.4, 0.5) is 10.1 Å². The van der Waals surface area contributed by atoms with E-state index in [1.54, 1.807) is 13.0 Å². The van der Waals surface area contributed by atoms with Crippen molar-refractivity contribution < 1.29 is 19.1 Å². The Hall–Kier alpha value is -1.91. The van der Waals surface area contributed by atoms with E-state index in [2.05, 4.69) is 5.32 Å². The van der Waals surface area contributed by atoms with Crippen molar-refractivity contribution in [3.63, 3.8) is 0 Å². The third-order valence-corrected chi connectivity index (χ3v) is 4.65. The highest BCUT2D eigenvalue weighted by atomic mass is 19.1. The van der Waals surface area contributed by atoms with E-state index >= 15 is 0 Å². The number of aliphatic carboxylic acids is 1. The largest absolute Gasteiger partial charge is 0.481 e. The number of carbonyl (C=O) groups excluding carboxylic acids is 1. The molecule has 1 heterocycles. The number of fused-ring (bicyclic) bond motifs is 1. The quantitative estimate of drug-likeness (QED) is 0.873. The third kappa shape index (κ3) is 1.65. The fourth-order valence-electron chi connectivity index (χ4n) is 3.35. The van der Waals surface area contributed by atoms with Crippen LogP contribution in [0.3, 0.4) is 0 Å². The van der Waals surface area contributed by atoms with E-state index in [1.165, 1.54) is 6.07 Å². The van der Waals surface area contributed by atoms with Crippen molar-refractivity contribution in [3.8, 4) is 0 Å². The number of nitrogens with one attached hydrogen (secondary N) is 1. The summed E-state index contributed by atoms with van der Waals surface area (Å²) < 4.78 is 14.2. The lowest BCUT2D eigenvalue weighted by atomic mass is 9.77. The van der Waals surface area contributed by atoms with Crippen molar-refractivity contribution in [2.24, 2.45) is 0 Å². The molecule has 1 aliphatic carbocycles. The molecule has 1 aliphatic heterocycles. The minimum atomic E-state index is -0.999. The zero-order chi connectivity index (χ0) is 14.5. The van der Waals surface area contributed by atoms with E-state index in [1.807, 2.05) is 0 Å². The molecule has 4 nitrogen and oxygen atoms in total. The van der Waals surface area contributed by atoms with Crippen LogP contribution in [0.1, 0.15) is 49.7 Å². The Labute approximate surface area is 116 Å².